The molecule has 0 saturated carbocycles. The van der Waals surface area contributed by atoms with Gasteiger partial charge in [-0.3, -0.25) is 0 Å². The largest absolute Gasteiger partial charge is 0.204 e. The molecular weight excluding hydrogens is 230 g/mol. The Labute approximate surface area is 98.9 Å². The highest BCUT2D eigenvalue weighted by atomic mass is 35.5. The first kappa shape index (κ1) is 11.6. The van der Waals surface area contributed by atoms with E-state index >= 15 is 0 Å². The van der Waals surface area contributed by atoms with E-state index in [0.29, 0.717) is 11.4 Å². The molecule has 0 spiro atoms. The Kier molecular flexibility index (Phi) is 3.59. The van der Waals surface area contributed by atoms with Gasteiger partial charge in [-0.2, -0.15) is 0 Å². The van der Waals surface area contributed by atoms with Gasteiger partial charge in [-0.05, 0) is 37.3 Å². The summed E-state index contributed by atoms with van der Waals surface area (Å²) in [6, 6.07) is 4.31. The van der Waals surface area contributed by atoms with Gasteiger partial charge in [0.2, 0.25) is 0 Å². The third-order valence-electron chi connectivity index (χ3n) is 3.02. The Hall–Kier alpha value is -0.890. The van der Waals surface area contributed by atoms with Crippen LogP contribution in [-0.2, 0) is 0 Å². The summed E-state index contributed by atoms with van der Waals surface area (Å²) in [5, 5.41) is 0. The second-order valence-electron chi connectivity index (χ2n) is 4.02. The first-order chi connectivity index (χ1) is 7.74. The average Bonchev–Trinajstić information content (AvgIpc) is 2.33. The Morgan fingerprint density at radius 2 is 1.88 bits per heavy atom. The quantitative estimate of drug-likeness (QED) is 0.669. The predicted molar refractivity (Wildman–Crippen MR) is 62.5 cm³/mol. The Morgan fingerprint density at radius 1 is 1.12 bits per heavy atom. The summed E-state index contributed by atoms with van der Waals surface area (Å²) in [4.78, 5) is 0. The van der Waals surface area contributed by atoms with Crippen LogP contribution in [0.1, 0.15) is 31.2 Å². The van der Waals surface area contributed by atoms with Crippen LogP contribution in [-0.4, -0.2) is 5.88 Å². The summed E-state index contributed by atoms with van der Waals surface area (Å²) < 4.78 is 26.8. The number of benzene rings is 1. The highest BCUT2D eigenvalue weighted by Gasteiger charge is 2.18. The summed E-state index contributed by atoms with van der Waals surface area (Å²) >= 11 is 5.84. The molecule has 0 radical (unpaired) electrons. The van der Waals surface area contributed by atoms with Gasteiger partial charge in [-0.15, -0.1) is 11.6 Å². The normalized spacial score (nSPS) is 16.7. The molecule has 1 aromatic rings. The van der Waals surface area contributed by atoms with Gasteiger partial charge in [0, 0.05) is 11.4 Å². The Bertz CT molecular complexity index is 424. The highest BCUT2D eigenvalue weighted by Crippen LogP contribution is 2.34. The molecule has 0 unspecified atom stereocenters. The van der Waals surface area contributed by atoms with E-state index in [1.54, 1.807) is 12.1 Å². The summed E-state index contributed by atoms with van der Waals surface area (Å²) in [6.45, 7) is 0. The maximum Gasteiger partial charge on any atom is 0.166 e. The van der Waals surface area contributed by atoms with E-state index in [4.69, 9.17) is 11.6 Å². The van der Waals surface area contributed by atoms with Gasteiger partial charge in [0.05, 0.1) is 0 Å². The Balaban J connectivity index is 2.49. The van der Waals surface area contributed by atoms with Gasteiger partial charge in [0.15, 0.2) is 11.6 Å². The predicted octanol–water partition coefficient (Wildman–Crippen LogP) is 4.53. The SMILES string of the molecule is Fc1cccc(C2=C(CCl)CCCC2)c1F. The van der Waals surface area contributed by atoms with Crippen molar-refractivity contribution in [2.75, 3.05) is 5.88 Å². The van der Waals surface area contributed by atoms with Crippen LogP contribution in [0.5, 0.6) is 0 Å². The van der Waals surface area contributed by atoms with Gasteiger partial charge < -0.3 is 0 Å². The van der Waals surface area contributed by atoms with E-state index < -0.39 is 11.6 Å². The van der Waals surface area contributed by atoms with Gasteiger partial charge >= 0.3 is 0 Å². The summed E-state index contributed by atoms with van der Waals surface area (Å²) in [5.74, 6) is -1.13. The van der Waals surface area contributed by atoms with Crippen molar-refractivity contribution in [1.82, 2.24) is 0 Å². The van der Waals surface area contributed by atoms with Crippen LogP contribution in [0.15, 0.2) is 23.8 Å². The molecule has 0 saturated heterocycles. The fourth-order valence-electron chi connectivity index (χ4n) is 2.18. The topological polar surface area (TPSA) is 0 Å². The minimum atomic E-state index is -0.788. The van der Waals surface area contributed by atoms with Crippen LogP contribution in [0.3, 0.4) is 0 Å². The van der Waals surface area contributed by atoms with Crippen molar-refractivity contribution in [1.29, 1.82) is 0 Å². The van der Waals surface area contributed by atoms with E-state index in [-0.39, 0.29) is 0 Å². The molecule has 0 bridgehead atoms. The molecule has 0 aliphatic heterocycles. The maximum absolute atomic E-state index is 13.6. The maximum atomic E-state index is 13.6. The zero-order chi connectivity index (χ0) is 11.5. The lowest BCUT2D eigenvalue weighted by Crippen LogP contribution is -2.03. The molecule has 0 fully saturated rings. The van der Waals surface area contributed by atoms with Crippen LogP contribution in [0.25, 0.3) is 5.57 Å². The van der Waals surface area contributed by atoms with Gasteiger partial charge in [-0.25, -0.2) is 8.78 Å². The standard InChI is InChI=1S/C13H13ClF2/c14-8-9-4-1-2-5-10(9)11-6-3-7-12(15)13(11)16/h3,6-7H,1-2,4-5,8H2. The molecule has 0 atom stereocenters. The van der Waals surface area contributed by atoms with E-state index in [9.17, 15) is 8.78 Å². The molecule has 86 valence electrons. The van der Waals surface area contributed by atoms with E-state index in [2.05, 4.69) is 0 Å². The van der Waals surface area contributed by atoms with Crippen LogP contribution in [0.4, 0.5) is 8.78 Å². The van der Waals surface area contributed by atoms with Crippen LogP contribution < -0.4 is 0 Å². The van der Waals surface area contributed by atoms with Gasteiger partial charge in [-0.1, -0.05) is 17.7 Å². The lowest BCUT2D eigenvalue weighted by molar-refractivity contribution is 0.505. The zero-order valence-corrected chi connectivity index (χ0v) is 9.66. The fraction of sp³-hybridized carbons (Fsp3) is 0.385. The average molecular weight is 243 g/mol. The molecule has 16 heavy (non-hydrogen) atoms. The zero-order valence-electron chi connectivity index (χ0n) is 8.90. The third-order valence-corrected chi connectivity index (χ3v) is 3.34. The molecule has 0 nitrogen and oxygen atoms in total. The van der Waals surface area contributed by atoms with Crippen molar-refractivity contribution >= 4 is 17.2 Å². The number of rotatable bonds is 2. The molecule has 3 heteroatoms. The number of hydrogen-bond donors (Lipinski definition) is 0. The summed E-state index contributed by atoms with van der Waals surface area (Å²) in [5.41, 5.74) is 2.34. The van der Waals surface area contributed by atoms with E-state index in [1.807, 2.05) is 0 Å². The van der Waals surface area contributed by atoms with Crippen molar-refractivity contribution in [3.05, 3.63) is 41.0 Å². The van der Waals surface area contributed by atoms with Crippen molar-refractivity contribution in [3.63, 3.8) is 0 Å². The van der Waals surface area contributed by atoms with Gasteiger partial charge in [0.1, 0.15) is 0 Å². The first-order valence-corrected chi connectivity index (χ1v) is 5.98. The molecule has 0 N–H and O–H groups in total. The van der Waals surface area contributed by atoms with Crippen LogP contribution >= 0.6 is 11.6 Å². The molecule has 2 rings (SSSR count). The number of halogens is 3. The molecule has 1 aliphatic rings. The minimum Gasteiger partial charge on any atom is -0.204 e. The number of allylic oxidation sites excluding steroid dienone is 2. The van der Waals surface area contributed by atoms with Crippen molar-refractivity contribution in [2.24, 2.45) is 0 Å². The molecule has 0 aromatic heterocycles. The molecule has 1 aliphatic carbocycles. The lowest BCUT2D eigenvalue weighted by atomic mass is 9.88. The smallest absolute Gasteiger partial charge is 0.166 e. The summed E-state index contributed by atoms with van der Waals surface area (Å²) in [6.07, 6.45) is 3.80. The van der Waals surface area contributed by atoms with Crippen molar-refractivity contribution in [3.8, 4) is 0 Å². The minimum absolute atomic E-state index is 0.385. The monoisotopic (exact) mass is 242 g/mol. The van der Waals surface area contributed by atoms with Crippen molar-refractivity contribution < 1.29 is 8.78 Å². The van der Waals surface area contributed by atoms with Gasteiger partial charge in [0.25, 0.3) is 0 Å². The molecule has 0 amide bonds. The lowest BCUT2D eigenvalue weighted by Gasteiger charge is -2.19. The fourth-order valence-corrected chi connectivity index (χ4v) is 2.47. The number of hydrogen-bond acceptors (Lipinski definition) is 0. The second kappa shape index (κ2) is 4.96. The Morgan fingerprint density at radius 3 is 2.62 bits per heavy atom. The molecule has 1 aromatic carbocycles. The second-order valence-corrected chi connectivity index (χ2v) is 4.29. The number of alkyl halides is 1. The van der Waals surface area contributed by atoms with Crippen molar-refractivity contribution in [2.45, 2.75) is 25.7 Å². The van der Waals surface area contributed by atoms with E-state index in [0.717, 1.165) is 42.9 Å². The van der Waals surface area contributed by atoms with Crippen LogP contribution in [0.2, 0.25) is 0 Å². The third kappa shape index (κ3) is 2.12. The van der Waals surface area contributed by atoms with E-state index in [1.165, 1.54) is 0 Å². The molecular formula is C13H13ClF2. The highest BCUT2D eigenvalue weighted by molar-refractivity contribution is 6.20. The first-order valence-electron chi connectivity index (χ1n) is 5.45. The van der Waals surface area contributed by atoms with Crippen LogP contribution in [0, 0.1) is 11.6 Å². The summed E-state index contributed by atoms with van der Waals surface area (Å²) in [7, 11) is 0. The molecule has 0 heterocycles.